The van der Waals surface area contributed by atoms with Crippen molar-refractivity contribution >= 4 is 11.8 Å². The van der Waals surface area contributed by atoms with E-state index in [1.807, 2.05) is 65.3 Å². The minimum atomic E-state index is -0.173. The SMILES string of the molecule is CCN1CCCCCCCN(C(=O)COc2ccccc2OC)[C@@H]2CCCC[C@@H]2Oc2ccccc2C1=O. The Bertz CT molecular complexity index is 1060. The van der Waals surface area contributed by atoms with Gasteiger partial charge in [0.15, 0.2) is 18.1 Å². The number of amides is 2. The monoisotopic (exact) mass is 522 g/mol. The van der Waals surface area contributed by atoms with E-state index in [4.69, 9.17) is 14.2 Å². The highest BCUT2D eigenvalue weighted by molar-refractivity contribution is 5.97. The van der Waals surface area contributed by atoms with Crippen molar-refractivity contribution in [1.82, 2.24) is 9.80 Å². The molecule has 2 amide bonds. The largest absolute Gasteiger partial charge is 0.493 e. The maximum Gasteiger partial charge on any atom is 0.260 e. The summed E-state index contributed by atoms with van der Waals surface area (Å²) in [6.07, 6.45) is 8.77. The fourth-order valence-electron chi connectivity index (χ4n) is 5.61. The maximum atomic E-state index is 13.6. The van der Waals surface area contributed by atoms with Gasteiger partial charge in [0.25, 0.3) is 11.8 Å². The summed E-state index contributed by atoms with van der Waals surface area (Å²) in [5.74, 6) is 1.76. The summed E-state index contributed by atoms with van der Waals surface area (Å²) in [6, 6.07) is 14.9. The Morgan fingerprint density at radius 3 is 2.37 bits per heavy atom. The first kappa shape index (κ1) is 27.8. The number of benzene rings is 2. The molecule has 2 aromatic carbocycles. The Kier molecular flexibility index (Phi) is 10.3. The molecule has 1 aliphatic heterocycles. The molecular formula is C31H42N2O5. The van der Waals surface area contributed by atoms with Gasteiger partial charge < -0.3 is 24.0 Å². The maximum absolute atomic E-state index is 13.6. The number of rotatable bonds is 5. The first-order valence-corrected chi connectivity index (χ1v) is 14.2. The quantitative estimate of drug-likeness (QED) is 0.503. The minimum absolute atomic E-state index is 0.0171. The minimum Gasteiger partial charge on any atom is -0.493 e. The number of para-hydroxylation sites is 3. The van der Waals surface area contributed by atoms with Gasteiger partial charge in [-0.25, -0.2) is 0 Å². The number of nitrogens with zero attached hydrogens (tertiary/aromatic N) is 2. The second-order valence-corrected chi connectivity index (χ2v) is 10.2. The second kappa shape index (κ2) is 14.1. The number of carbonyl (C=O) groups excluding carboxylic acids is 2. The molecule has 1 saturated carbocycles. The third-order valence-electron chi connectivity index (χ3n) is 7.70. The van der Waals surface area contributed by atoms with Gasteiger partial charge in [-0.05, 0) is 63.3 Å². The van der Waals surface area contributed by atoms with E-state index in [1.54, 1.807) is 7.11 Å². The predicted octanol–water partition coefficient (Wildman–Crippen LogP) is 5.72. The molecular weight excluding hydrogens is 480 g/mol. The van der Waals surface area contributed by atoms with Gasteiger partial charge in [0.2, 0.25) is 0 Å². The molecule has 0 spiro atoms. The van der Waals surface area contributed by atoms with E-state index in [2.05, 4.69) is 0 Å². The van der Waals surface area contributed by atoms with Crippen LogP contribution in [0.2, 0.25) is 0 Å². The van der Waals surface area contributed by atoms with E-state index in [9.17, 15) is 9.59 Å². The number of fused-ring (bicyclic) bond motifs is 2. The van der Waals surface area contributed by atoms with E-state index < -0.39 is 0 Å². The lowest BCUT2D eigenvalue weighted by atomic mass is 9.90. The highest BCUT2D eigenvalue weighted by atomic mass is 16.5. The topological polar surface area (TPSA) is 68.3 Å². The van der Waals surface area contributed by atoms with Crippen LogP contribution in [0.4, 0.5) is 0 Å². The lowest BCUT2D eigenvalue weighted by Crippen LogP contribution is -2.52. The number of hydrogen-bond donors (Lipinski definition) is 0. The van der Waals surface area contributed by atoms with Crippen LogP contribution in [0.25, 0.3) is 0 Å². The molecule has 0 saturated heterocycles. The standard InChI is InChI=1S/C31H42N2O5/c1-3-32-21-13-5-4-6-14-22-33(30(34)23-37-29-20-12-11-19-28(29)36-2)25-16-8-10-18-27(25)38-26-17-9-7-15-24(26)31(32)35/h7,9,11-12,15,17,19-20,25,27H,3-6,8,10,13-14,16,18,21-23H2,1-2H3/t25-,27+/m1/s1. The fourth-order valence-corrected chi connectivity index (χ4v) is 5.61. The van der Waals surface area contributed by atoms with Crippen LogP contribution in [0, 0.1) is 0 Å². The number of carbonyl (C=O) groups is 2. The Morgan fingerprint density at radius 2 is 1.58 bits per heavy atom. The molecule has 2 aliphatic rings. The van der Waals surface area contributed by atoms with Crippen LogP contribution in [0.1, 0.15) is 75.1 Å². The molecule has 1 fully saturated rings. The van der Waals surface area contributed by atoms with Crippen LogP contribution in [-0.2, 0) is 4.79 Å². The Morgan fingerprint density at radius 1 is 0.895 bits per heavy atom. The van der Waals surface area contributed by atoms with Crippen LogP contribution in [-0.4, -0.2) is 67.1 Å². The summed E-state index contributed by atoms with van der Waals surface area (Å²) in [7, 11) is 1.60. The lowest BCUT2D eigenvalue weighted by molar-refractivity contribution is -0.139. The molecule has 206 valence electrons. The fraction of sp³-hybridized carbons (Fsp3) is 0.548. The van der Waals surface area contributed by atoms with Crippen LogP contribution >= 0.6 is 0 Å². The van der Waals surface area contributed by atoms with E-state index >= 15 is 0 Å². The molecule has 0 aromatic heterocycles. The summed E-state index contributed by atoms with van der Waals surface area (Å²) in [5, 5.41) is 0. The van der Waals surface area contributed by atoms with Crippen molar-refractivity contribution in [3.05, 3.63) is 54.1 Å². The number of methoxy groups -OCH3 is 1. The summed E-state index contributed by atoms with van der Waals surface area (Å²) < 4.78 is 17.9. The van der Waals surface area contributed by atoms with Gasteiger partial charge in [0.05, 0.1) is 18.7 Å². The molecule has 0 unspecified atom stereocenters. The van der Waals surface area contributed by atoms with Crippen LogP contribution < -0.4 is 14.2 Å². The van der Waals surface area contributed by atoms with Crippen molar-refractivity contribution in [2.75, 3.05) is 33.4 Å². The molecule has 7 nitrogen and oxygen atoms in total. The molecule has 2 aromatic rings. The van der Waals surface area contributed by atoms with Gasteiger partial charge in [-0.2, -0.15) is 0 Å². The molecule has 38 heavy (non-hydrogen) atoms. The smallest absolute Gasteiger partial charge is 0.260 e. The zero-order valence-corrected chi connectivity index (χ0v) is 22.9. The lowest BCUT2D eigenvalue weighted by Gasteiger charge is -2.40. The van der Waals surface area contributed by atoms with Crippen molar-refractivity contribution in [3.63, 3.8) is 0 Å². The van der Waals surface area contributed by atoms with Crippen molar-refractivity contribution in [1.29, 1.82) is 0 Å². The summed E-state index contributed by atoms with van der Waals surface area (Å²) >= 11 is 0. The predicted molar refractivity (Wildman–Crippen MR) is 148 cm³/mol. The highest BCUT2D eigenvalue weighted by Gasteiger charge is 2.35. The zero-order chi connectivity index (χ0) is 26.7. The molecule has 0 radical (unpaired) electrons. The van der Waals surface area contributed by atoms with Gasteiger partial charge in [0, 0.05) is 19.6 Å². The van der Waals surface area contributed by atoms with E-state index in [1.165, 1.54) is 0 Å². The van der Waals surface area contributed by atoms with Crippen molar-refractivity contribution < 1.29 is 23.8 Å². The molecule has 2 atom stereocenters. The van der Waals surface area contributed by atoms with Crippen LogP contribution in [0.15, 0.2) is 48.5 Å². The third kappa shape index (κ3) is 7.00. The van der Waals surface area contributed by atoms with Gasteiger partial charge in [-0.1, -0.05) is 49.9 Å². The molecule has 7 heteroatoms. The average molecular weight is 523 g/mol. The van der Waals surface area contributed by atoms with Crippen molar-refractivity contribution in [3.8, 4) is 17.2 Å². The molecule has 4 rings (SSSR count). The van der Waals surface area contributed by atoms with Crippen molar-refractivity contribution in [2.45, 2.75) is 76.9 Å². The Labute approximate surface area is 227 Å². The summed E-state index contributed by atoms with van der Waals surface area (Å²) in [5.41, 5.74) is 0.603. The van der Waals surface area contributed by atoms with Gasteiger partial charge in [0.1, 0.15) is 11.9 Å². The van der Waals surface area contributed by atoms with Crippen molar-refractivity contribution in [2.24, 2.45) is 0 Å². The first-order chi connectivity index (χ1) is 18.6. The molecule has 0 bridgehead atoms. The average Bonchev–Trinajstić information content (AvgIpc) is 2.96. The Balaban J connectivity index is 1.58. The van der Waals surface area contributed by atoms with Gasteiger partial charge in [-0.3, -0.25) is 9.59 Å². The highest BCUT2D eigenvalue weighted by Crippen LogP contribution is 2.31. The van der Waals surface area contributed by atoms with E-state index in [-0.39, 0.29) is 30.6 Å². The van der Waals surface area contributed by atoms with Gasteiger partial charge >= 0.3 is 0 Å². The van der Waals surface area contributed by atoms with Crippen LogP contribution in [0.5, 0.6) is 17.2 Å². The first-order valence-electron chi connectivity index (χ1n) is 14.2. The molecule has 1 heterocycles. The molecule has 0 N–H and O–H groups in total. The number of hydrogen-bond acceptors (Lipinski definition) is 5. The molecule has 1 aliphatic carbocycles. The normalized spacial score (nSPS) is 21.3. The number of ether oxygens (including phenoxy) is 3. The second-order valence-electron chi connectivity index (χ2n) is 10.2. The zero-order valence-electron chi connectivity index (χ0n) is 22.9. The summed E-state index contributed by atoms with van der Waals surface area (Å²) in [4.78, 5) is 31.0. The van der Waals surface area contributed by atoms with Crippen LogP contribution in [0.3, 0.4) is 0 Å². The Hall–Kier alpha value is -3.22. The third-order valence-corrected chi connectivity index (χ3v) is 7.70. The summed E-state index contributed by atoms with van der Waals surface area (Å²) in [6.45, 7) is 4.09. The van der Waals surface area contributed by atoms with E-state index in [0.717, 1.165) is 64.3 Å². The van der Waals surface area contributed by atoms with E-state index in [0.29, 0.717) is 35.9 Å². The van der Waals surface area contributed by atoms with Gasteiger partial charge in [-0.15, -0.1) is 0 Å².